The lowest BCUT2D eigenvalue weighted by molar-refractivity contribution is -0.160. The largest absolute Gasteiger partial charge is 0.480 e. The molecule has 7 heteroatoms. The molecule has 2 aliphatic heterocycles. The van der Waals surface area contributed by atoms with Crippen LogP contribution in [0.15, 0.2) is 0 Å². The van der Waals surface area contributed by atoms with Gasteiger partial charge in [0.25, 0.3) is 0 Å². The second-order valence-corrected chi connectivity index (χ2v) is 6.28. The standard InChI is InChI=1S/C14H25N3O4/c1-14(21-8-12(18)19)9-17(10-14)13(20)16-5-3-4-11(7-16)6-15-2/h11,15H,3-10H2,1-2H3,(H,18,19). The minimum atomic E-state index is -0.980. The summed E-state index contributed by atoms with van der Waals surface area (Å²) in [4.78, 5) is 26.6. The lowest BCUT2D eigenvalue weighted by atomic mass is 9.95. The molecular formula is C14H25N3O4. The summed E-state index contributed by atoms with van der Waals surface area (Å²) in [6, 6.07) is 0.0483. The van der Waals surface area contributed by atoms with Gasteiger partial charge in [0.05, 0.1) is 13.1 Å². The quantitative estimate of drug-likeness (QED) is 0.758. The number of likely N-dealkylation sites (tertiary alicyclic amines) is 2. The summed E-state index contributed by atoms with van der Waals surface area (Å²) in [7, 11) is 1.93. The van der Waals surface area contributed by atoms with Crippen LogP contribution in [0.1, 0.15) is 19.8 Å². The van der Waals surface area contributed by atoms with Crippen molar-refractivity contribution in [1.82, 2.24) is 15.1 Å². The van der Waals surface area contributed by atoms with Gasteiger partial charge in [0, 0.05) is 13.1 Å². The maximum atomic E-state index is 12.4. The summed E-state index contributed by atoms with van der Waals surface area (Å²) in [5.41, 5.74) is -0.520. The highest BCUT2D eigenvalue weighted by Gasteiger charge is 2.44. The Morgan fingerprint density at radius 2 is 2.10 bits per heavy atom. The van der Waals surface area contributed by atoms with Gasteiger partial charge < -0.3 is 25.0 Å². The van der Waals surface area contributed by atoms with Crippen LogP contribution in [0.4, 0.5) is 4.79 Å². The first-order valence-electron chi connectivity index (χ1n) is 7.48. The molecule has 0 radical (unpaired) electrons. The third-order valence-electron chi connectivity index (χ3n) is 4.15. The van der Waals surface area contributed by atoms with Crippen LogP contribution >= 0.6 is 0 Å². The molecule has 1 unspecified atom stereocenters. The van der Waals surface area contributed by atoms with Crippen LogP contribution in [0.2, 0.25) is 0 Å². The van der Waals surface area contributed by atoms with Gasteiger partial charge in [-0.25, -0.2) is 9.59 Å². The van der Waals surface area contributed by atoms with Gasteiger partial charge >= 0.3 is 12.0 Å². The summed E-state index contributed by atoms with van der Waals surface area (Å²) >= 11 is 0. The third kappa shape index (κ3) is 4.07. The molecule has 0 aromatic rings. The number of nitrogens with zero attached hydrogens (tertiary/aromatic N) is 2. The van der Waals surface area contributed by atoms with E-state index in [4.69, 9.17) is 9.84 Å². The number of carbonyl (C=O) groups excluding carboxylic acids is 1. The average Bonchev–Trinajstić information content (AvgIpc) is 2.42. The molecule has 0 saturated carbocycles. The highest BCUT2D eigenvalue weighted by molar-refractivity contribution is 5.76. The van der Waals surface area contributed by atoms with Crippen LogP contribution in [0, 0.1) is 5.92 Å². The van der Waals surface area contributed by atoms with E-state index in [0.717, 1.165) is 32.5 Å². The van der Waals surface area contributed by atoms with E-state index >= 15 is 0 Å². The molecule has 1 atom stereocenters. The Morgan fingerprint density at radius 3 is 2.71 bits per heavy atom. The Bertz CT molecular complexity index is 394. The molecule has 2 saturated heterocycles. The smallest absolute Gasteiger partial charge is 0.329 e. The number of nitrogens with one attached hydrogen (secondary N) is 1. The zero-order chi connectivity index (χ0) is 15.5. The van der Waals surface area contributed by atoms with Crippen molar-refractivity contribution in [2.75, 3.05) is 46.4 Å². The molecule has 21 heavy (non-hydrogen) atoms. The number of carbonyl (C=O) groups is 2. The maximum absolute atomic E-state index is 12.4. The Hall–Kier alpha value is -1.34. The lowest BCUT2D eigenvalue weighted by Gasteiger charge is -2.49. The number of carboxylic acids is 1. The van der Waals surface area contributed by atoms with Gasteiger partial charge in [0.15, 0.2) is 0 Å². The van der Waals surface area contributed by atoms with Crippen molar-refractivity contribution in [2.24, 2.45) is 5.92 Å². The van der Waals surface area contributed by atoms with Gasteiger partial charge in [-0.05, 0) is 39.3 Å². The minimum Gasteiger partial charge on any atom is -0.480 e. The normalized spacial score (nSPS) is 24.6. The maximum Gasteiger partial charge on any atom is 0.329 e. The molecule has 0 bridgehead atoms. The van der Waals surface area contributed by atoms with Crippen molar-refractivity contribution in [1.29, 1.82) is 0 Å². The number of rotatable bonds is 5. The lowest BCUT2D eigenvalue weighted by Crippen LogP contribution is -2.66. The topological polar surface area (TPSA) is 82.1 Å². The monoisotopic (exact) mass is 299 g/mol. The van der Waals surface area contributed by atoms with Gasteiger partial charge in [-0.15, -0.1) is 0 Å². The van der Waals surface area contributed by atoms with Crippen molar-refractivity contribution >= 4 is 12.0 Å². The van der Waals surface area contributed by atoms with Crippen LogP contribution < -0.4 is 5.32 Å². The molecule has 0 aromatic carbocycles. The third-order valence-corrected chi connectivity index (χ3v) is 4.15. The van der Waals surface area contributed by atoms with E-state index in [1.165, 1.54) is 0 Å². The van der Waals surface area contributed by atoms with E-state index in [2.05, 4.69) is 5.32 Å². The van der Waals surface area contributed by atoms with Crippen LogP contribution in [-0.4, -0.2) is 78.9 Å². The van der Waals surface area contributed by atoms with E-state index in [-0.39, 0.29) is 12.6 Å². The number of piperidine rings is 1. The SMILES string of the molecule is CNCC1CCCN(C(=O)N2CC(C)(OCC(=O)O)C2)C1. The fraction of sp³-hybridized carbons (Fsp3) is 0.857. The number of amides is 2. The molecule has 2 heterocycles. The molecule has 7 nitrogen and oxygen atoms in total. The predicted molar refractivity (Wildman–Crippen MR) is 77.2 cm³/mol. The summed E-state index contributed by atoms with van der Waals surface area (Å²) in [5.74, 6) is -0.462. The van der Waals surface area contributed by atoms with Crippen LogP contribution in [-0.2, 0) is 9.53 Å². The van der Waals surface area contributed by atoms with Crippen molar-refractivity contribution < 1.29 is 19.4 Å². The van der Waals surface area contributed by atoms with Crippen molar-refractivity contribution in [3.05, 3.63) is 0 Å². The number of carboxylic acid groups (broad SMARTS) is 1. The molecule has 120 valence electrons. The van der Waals surface area contributed by atoms with Gasteiger partial charge in [-0.1, -0.05) is 0 Å². The highest BCUT2D eigenvalue weighted by atomic mass is 16.5. The minimum absolute atomic E-state index is 0.0483. The van der Waals surface area contributed by atoms with Gasteiger partial charge in [0.1, 0.15) is 12.2 Å². The highest BCUT2D eigenvalue weighted by Crippen LogP contribution is 2.27. The molecule has 0 spiro atoms. The van der Waals surface area contributed by atoms with Crippen LogP contribution in [0.25, 0.3) is 0 Å². The fourth-order valence-corrected chi connectivity index (χ4v) is 3.12. The molecule has 2 N–H and O–H groups in total. The second kappa shape index (κ2) is 6.62. The Labute approximate surface area is 125 Å². The zero-order valence-electron chi connectivity index (χ0n) is 12.8. The van der Waals surface area contributed by atoms with Gasteiger partial charge in [-0.2, -0.15) is 0 Å². The molecule has 2 aliphatic rings. The van der Waals surface area contributed by atoms with E-state index in [1.54, 1.807) is 4.90 Å². The van der Waals surface area contributed by atoms with Crippen LogP contribution in [0.5, 0.6) is 0 Å². The molecule has 0 aliphatic carbocycles. The first-order valence-corrected chi connectivity index (χ1v) is 7.48. The Kier molecular flexibility index (Phi) is 5.05. The van der Waals surface area contributed by atoms with Crippen molar-refractivity contribution in [3.8, 4) is 0 Å². The molecule has 2 fully saturated rings. The van der Waals surface area contributed by atoms with E-state index < -0.39 is 11.6 Å². The average molecular weight is 299 g/mol. The Morgan fingerprint density at radius 1 is 1.38 bits per heavy atom. The summed E-state index contributed by atoms with van der Waals surface area (Å²) in [6.07, 6.45) is 2.20. The number of ether oxygens (including phenoxy) is 1. The van der Waals surface area contributed by atoms with Gasteiger partial charge in [0.2, 0.25) is 0 Å². The second-order valence-electron chi connectivity index (χ2n) is 6.28. The van der Waals surface area contributed by atoms with Crippen molar-refractivity contribution in [3.63, 3.8) is 0 Å². The summed E-state index contributed by atoms with van der Waals surface area (Å²) in [5, 5.41) is 11.8. The molecule has 0 aromatic heterocycles. The number of hydrogen-bond donors (Lipinski definition) is 2. The van der Waals surface area contributed by atoms with E-state index in [9.17, 15) is 9.59 Å². The van der Waals surface area contributed by atoms with Crippen LogP contribution in [0.3, 0.4) is 0 Å². The first kappa shape index (κ1) is 16.0. The first-order chi connectivity index (χ1) is 9.93. The number of hydrogen-bond acceptors (Lipinski definition) is 4. The molecule has 2 amide bonds. The summed E-state index contributed by atoms with van der Waals surface area (Å²) < 4.78 is 5.33. The molecular weight excluding hydrogens is 274 g/mol. The predicted octanol–water partition coefficient (Wildman–Crippen LogP) is 0.213. The summed E-state index contributed by atoms with van der Waals surface area (Å²) in [6.45, 7) is 5.00. The van der Waals surface area contributed by atoms with Gasteiger partial charge in [-0.3, -0.25) is 0 Å². The zero-order valence-corrected chi connectivity index (χ0v) is 12.8. The number of urea groups is 1. The fourth-order valence-electron chi connectivity index (χ4n) is 3.12. The number of aliphatic carboxylic acids is 1. The van der Waals surface area contributed by atoms with E-state index in [0.29, 0.717) is 19.0 Å². The molecule has 2 rings (SSSR count). The Balaban J connectivity index is 1.78. The van der Waals surface area contributed by atoms with Crippen molar-refractivity contribution in [2.45, 2.75) is 25.4 Å². The van der Waals surface area contributed by atoms with E-state index in [1.807, 2.05) is 18.9 Å².